The number of rotatable bonds is 18. The zero-order valence-electron chi connectivity index (χ0n) is 17.1. The van der Waals surface area contributed by atoms with E-state index in [4.69, 9.17) is 18.9 Å². The number of esters is 1. The van der Waals surface area contributed by atoms with Crippen molar-refractivity contribution in [3.8, 4) is 0 Å². The third kappa shape index (κ3) is 11.5. The molecule has 0 spiro atoms. The second-order valence-electron chi connectivity index (χ2n) is 7.08. The summed E-state index contributed by atoms with van der Waals surface area (Å²) in [4.78, 5) is 11.4. The minimum Gasteiger partial charge on any atom is -0.429 e. The van der Waals surface area contributed by atoms with Crippen LogP contribution < -0.4 is 0 Å². The van der Waals surface area contributed by atoms with E-state index in [1.807, 2.05) is 0 Å². The first-order valence-electron chi connectivity index (χ1n) is 10.5. The van der Waals surface area contributed by atoms with Crippen molar-refractivity contribution >= 4 is 5.97 Å². The van der Waals surface area contributed by atoms with E-state index in [0.29, 0.717) is 18.8 Å². The van der Waals surface area contributed by atoms with Crippen LogP contribution in [0.15, 0.2) is 11.6 Å². The van der Waals surface area contributed by atoms with Crippen LogP contribution in [-0.2, 0) is 23.7 Å². The van der Waals surface area contributed by atoms with Gasteiger partial charge in [-0.15, -0.1) is 0 Å². The normalized spacial score (nSPS) is 17.8. The van der Waals surface area contributed by atoms with Gasteiger partial charge in [0.2, 0.25) is 6.29 Å². The van der Waals surface area contributed by atoms with Crippen molar-refractivity contribution in [3.05, 3.63) is 11.6 Å². The maximum absolute atomic E-state index is 11.4. The van der Waals surface area contributed by atoms with E-state index in [-0.39, 0.29) is 12.9 Å². The van der Waals surface area contributed by atoms with Crippen LogP contribution in [0.1, 0.15) is 77.6 Å². The molecule has 158 valence electrons. The third-order valence-corrected chi connectivity index (χ3v) is 4.77. The monoisotopic (exact) mass is 386 g/mol. The summed E-state index contributed by atoms with van der Waals surface area (Å²) in [6.45, 7) is 3.29. The maximum atomic E-state index is 11.4. The van der Waals surface area contributed by atoms with Crippen LogP contribution in [0.3, 0.4) is 0 Å². The number of ether oxygens (including phenoxy) is 4. The molecule has 2 atom stereocenters. The van der Waals surface area contributed by atoms with E-state index in [2.05, 4.69) is 6.92 Å². The summed E-state index contributed by atoms with van der Waals surface area (Å²) < 4.78 is 20.8. The molecule has 0 aliphatic carbocycles. The van der Waals surface area contributed by atoms with Crippen molar-refractivity contribution in [1.82, 2.24) is 0 Å². The van der Waals surface area contributed by atoms with E-state index in [0.717, 1.165) is 19.3 Å². The van der Waals surface area contributed by atoms with Crippen molar-refractivity contribution in [1.29, 1.82) is 0 Å². The van der Waals surface area contributed by atoms with Gasteiger partial charge in [0, 0.05) is 18.8 Å². The summed E-state index contributed by atoms with van der Waals surface area (Å²) in [6.07, 6.45) is 13.1. The van der Waals surface area contributed by atoms with Crippen LogP contribution in [-0.4, -0.2) is 50.6 Å². The van der Waals surface area contributed by atoms with Gasteiger partial charge < -0.3 is 24.1 Å². The molecule has 0 bridgehead atoms. The van der Waals surface area contributed by atoms with Crippen molar-refractivity contribution in [3.63, 3.8) is 0 Å². The molecule has 6 nitrogen and oxygen atoms in total. The van der Waals surface area contributed by atoms with Crippen molar-refractivity contribution < 1.29 is 28.8 Å². The Morgan fingerprint density at radius 1 is 1.04 bits per heavy atom. The standard InChI is InChI=1S/C21H38O6/c1-3-4-5-6-7-8-9-10-11-12-13-19(26-17-25-15-14-24-2)18-16-20(22)27-21(18)23/h16,19,21,23H,3-15,17H2,1-2H3. The van der Waals surface area contributed by atoms with Crippen LogP contribution in [0.2, 0.25) is 0 Å². The molecule has 0 fully saturated rings. The minimum atomic E-state index is -1.20. The lowest BCUT2D eigenvalue weighted by molar-refractivity contribution is -0.153. The van der Waals surface area contributed by atoms with E-state index in [1.165, 1.54) is 57.4 Å². The maximum Gasteiger partial charge on any atom is 0.333 e. The molecule has 0 aromatic carbocycles. The number of unbranched alkanes of at least 4 members (excludes halogenated alkanes) is 9. The lowest BCUT2D eigenvalue weighted by Gasteiger charge is -2.20. The molecule has 0 amide bonds. The molecule has 0 aromatic heterocycles. The summed E-state index contributed by atoms with van der Waals surface area (Å²) in [6, 6.07) is 0. The predicted molar refractivity (Wildman–Crippen MR) is 104 cm³/mol. The minimum absolute atomic E-state index is 0.101. The Hall–Kier alpha value is -0.950. The zero-order chi connectivity index (χ0) is 19.7. The fourth-order valence-electron chi connectivity index (χ4n) is 3.17. The van der Waals surface area contributed by atoms with Crippen LogP contribution in [0.25, 0.3) is 0 Å². The summed E-state index contributed by atoms with van der Waals surface area (Å²) in [7, 11) is 1.61. The van der Waals surface area contributed by atoms with Gasteiger partial charge in [-0.25, -0.2) is 4.79 Å². The number of carbonyl (C=O) groups is 1. The van der Waals surface area contributed by atoms with Gasteiger partial charge in [0.05, 0.1) is 19.3 Å². The Balaban J connectivity index is 2.21. The number of carbonyl (C=O) groups excluding carboxylic acids is 1. The third-order valence-electron chi connectivity index (χ3n) is 4.77. The van der Waals surface area contributed by atoms with Crippen LogP contribution in [0.4, 0.5) is 0 Å². The second kappa shape index (κ2) is 16.0. The summed E-state index contributed by atoms with van der Waals surface area (Å²) >= 11 is 0. The smallest absolute Gasteiger partial charge is 0.333 e. The molecule has 27 heavy (non-hydrogen) atoms. The topological polar surface area (TPSA) is 74.2 Å². The first-order valence-corrected chi connectivity index (χ1v) is 10.5. The SMILES string of the molecule is CCCCCCCCCCCCC(OCOCCOC)C1=CC(=O)OC1O. The number of aliphatic hydroxyl groups excluding tert-OH is 1. The highest BCUT2D eigenvalue weighted by Crippen LogP contribution is 2.24. The molecule has 1 aliphatic heterocycles. The average molecular weight is 387 g/mol. The first-order chi connectivity index (χ1) is 13.2. The van der Waals surface area contributed by atoms with Gasteiger partial charge >= 0.3 is 5.97 Å². The van der Waals surface area contributed by atoms with Gasteiger partial charge in [0.1, 0.15) is 6.79 Å². The Bertz CT molecular complexity index is 409. The summed E-state index contributed by atoms with van der Waals surface area (Å²) in [5, 5.41) is 9.88. The van der Waals surface area contributed by atoms with E-state index in [9.17, 15) is 9.90 Å². The molecule has 1 N–H and O–H groups in total. The Morgan fingerprint density at radius 3 is 2.22 bits per heavy atom. The largest absolute Gasteiger partial charge is 0.429 e. The number of methoxy groups -OCH3 is 1. The average Bonchev–Trinajstić information content (AvgIpc) is 2.99. The lowest BCUT2D eigenvalue weighted by atomic mass is 10.0. The number of hydrogen-bond donors (Lipinski definition) is 1. The van der Waals surface area contributed by atoms with Crippen LogP contribution >= 0.6 is 0 Å². The van der Waals surface area contributed by atoms with E-state index < -0.39 is 12.3 Å². The summed E-state index contributed by atoms with van der Waals surface area (Å²) in [5.41, 5.74) is 0.492. The van der Waals surface area contributed by atoms with Crippen molar-refractivity contribution in [2.45, 2.75) is 89.9 Å². The number of cyclic esters (lactones) is 1. The van der Waals surface area contributed by atoms with Gasteiger partial charge in [0.15, 0.2) is 0 Å². The molecule has 6 heteroatoms. The zero-order valence-corrected chi connectivity index (χ0v) is 17.1. The van der Waals surface area contributed by atoms with E-state index in [1.54, 1.807) is 7.11 Å². The van der Waals surface area contributed by atoms with Gasteiger partial charge in [-0.3, -0.25) is 0 Å². The molecule has 0 aromatic rings. The number of aliphatic hydroxyl groups is 1. The Morgan fingerprint density at radius 2 is 1.67 bits per heavy atom. The molecule has 1 rings (SSSR count). The predicted octanol–water partition coefficient (Wildman–Crippen LogP) is 4.10. The first kappa shape index (κ1) is 24.1. The highest BCUT2D eigenvalue weighted by Gasteiger charge is 2.30. The van der Waals surface area contributed by atoms with Gasteiger partial charge in [0.25, 0.3) is 0 Å². The Labute approximate surface area is 164 Å². The fraction of sp³-hybridized carbons (Fsp3) is 0.857. The quantitative estimate of drug-likeness (QED) is 0.217. The van der Waals surface area contributed by atoms with Gasteiger partial charge in [-0.05, 0) is 6.42 Å². The van der Waals surface area contributed by atoms with E-state index >= 15 is 0 Å². The van der Waals surface area contributed by atoms with Crippen molar-refractivity contribution in [2.24, 2.45) is 0 Å². The highest BCUT2D eigenvalue weighted by atomic mass is 16.7. The molecule has 0 saturated heterocycles. The van der Waals surface area contributed by atoms with Crippen LogP contribution in [0.5, 0.6) is 0 Å². The molecular weight excluding hydrogens is 348 g/mol. The molecule has 1 heterocycles. The lowest BCUT2D eigenvalue weighted by Crippen LogP contribution is -2.25. The number of hydrogen-bond acceptors (Lipinski definition) is 6. The molecule has 1 aliphatic rings. The fourth-order valence-corrected chi connectivity index (χ4v) is 3.17. The second-order valence-corrected chi connectivity index (χ2v) is 7.08. The molecule has 0 saturated carbocycles. The van der Waals surface area contributed by atoms with Gasteiger partial charge in [-0.1, -0.05) is 71.1 Å². The summed E-state index contributed by atoms with van der Waals surface area (Å²) in [5.74, 6) is -0.519. The Kier molecular flexibility index (Phi) is 14.3. The van der Waals surface area contributed by atoms with Crippen molar-refractivity contribution in [2.75, 3.05) is 27.1 Å². The van der Waals surface area contributed by atoms with Gasteiger partial charge in [-0.2, -0.15) is 0 Å². The molecule has 0 radical (unpaired) electrons. The molecule has 2 unspecified atom stereocenters. The van der Waals surface area contributed by atoms with Crippen LogP contribution in [0, 0.1) is 0 Å². The molecular formula is C21H38O6. The highest BCUT2D eigenvalue weighted by molar-refractivity contribution is 5.85.